The Labute approximate surface area is 174 Å². The Hall–Kier alpha value is -3.46. The van der Waals surface area contributed by atoms with Crippen molar-refractivity contribution in [3.05, 3.63) is 76.0 Å². The smallest absolute Gasteiger partial charge is 0.338 e. The number of nitrogens with one attached hydrogen (secondary N) is 2. The van der Waals surface area contributed by atoms with Crippen molar-refractivity contribution in [1.29, 1.82) is 0 Å². The number of esters is 1. The zero-order valence-corrected chi connectivity index (χ0v) is 16.0. The van der Waals surface area contributed by atoms with E-state index in [0.29, 0.717) is 10.6 Å². The Morgan fingerprint density at radius 2 is 1.97 bits per heavy atom. The van der Waals surface area contributed by atoms with E-state index in [-0.39, 0.29) is 23.6 Å². The Morgan fingerprint density at radius 1 is 1.20 bits per heavy atom. The fourth-order valence-corrected chi connectivity index (χ4v) is 3.58. The Kier molecular flexibility index (Phi) is 5.13. The van der Waals surface area contributed by atoms with Crippen molar-refractivity contribution in [2.45, 2.75) is 6.04 Å². The quantitative estimate of drug-likeness (QED) is 0.725. The van der Waals surface area contributed by atoms with Crippen molar-refractivity contribution in [3.63, 3.8) is 0 Å². The lowest BCUT2D eigenvalue weighted by molar-refractivity contribution is -0.136. The predicted octanol–water partition coefficient (Wildman–Crippen LogP) is 3.13. The van der Waals surface area contributed by atoms with Gasteiger partial charge in [-0.3, -0.25) is 9.69 Å². The topological polar surface area (TPSA) is 87.7 Å². The summed E-state index contributed by atoms with van der Waals surface area (Å²) < 4.78 is 31.5. The summed E-state index contributed by atoms with van der Waals surface area (Å²) in [7, 11) is 0. The molecule has 0 saturated carbocycles. The van der Waals surface area contributed by atoms with Crippen LogP contribution in [0.1, 0.15) is 11.6 Å². The lowest BCUT2D eigenvalue weighted by Gasteiger charge is -2.32. The average Bonchev–Trinajstić information content (AvgIpc) is 3.09. The molecule has 2 aliphatic heterocycles. The van der Waals surface area contributed by atoms with Crippen molar-refractivity contribution in [3.8, 4) is 0 Å². The van der Waals surface area contributed by atoms with Crippen LogP contribution in [-0.2, 0) is 14.3 Å². The molecule has 2 aliphatic rings. The number of carbonyl (C=O) groups is 3. The molecule has 154 valence electrons. The molecule has 10 heteroatoms. The number of halogens is 3. The van der Waals surface area contributed by atoms with Gasteiger partial charge in [0, 0.05) is 16.8 Å². The van der Waals surface area contributed by atoms with Crippen LogP contribution in [0.25, 0.3) is 0 Å². The lowest BCUT2D eigenvalue weighted by atomic mass is 9.95. The van der Waals surface area contributed by atoms with Gasteiger partial charge in [-0.05, 0) is 23.8 Å². The number of amides is 3. The molecule has 0 bridgehead atoms. The van der Waals surface area contributed by atoms with Gasteiger partial charge in [0.1, 0.15) is 13.2 Å². The van der Waals surface area contributed by atoms with E-state index in [4.69, 9.17) is 16.3 Å². The first-order valence-corrected chi connectivity index (χ1v) is 9.20. The number of carbonyl (C=O) groups excluding carboxylic acids is 3. The fraction of sp³-hybridized carbons (Fsp3) is 0.150. The normalized spacial score (nSPS) is 18.1. The van der Waals surface area contributed by atoms with Crippen LogP contribution in [0.3, 0.4) is 0 Å². The second kappa shape index (κ2) is 7.75. The Bertz CT molecular complexity index is 1110. The van der Waals surface area contributed by atoms with Crippen LogP contribution >= 0.6 is 11.6 Å². The molecular formula is C20H14ClF2N3O4. The van der Waals surface area contributed by atoms with Gasteiger partial charge >= 0.3 is 12.0 Å². The predicted molar refractivity (Wildman–Crippen MR) is 102 cm³/mol. The Balaban J connectivity index is 1.60. The minimum Gasteiger partial charge on any atom is -0.456 e. The van der Waals surface area contributed by atoms with E-state index < -0.39 is 42.1 Å². The van der Waals surface area contributed by atoms with Crippen molar-refractivity contribution < 1.29 is 27.9 Å². The zero-order chi connectivity index (χ0) is 21.4. The van der Waals surface area contributed by atoms with Gasteiger partial charge in [0.05, 0.1) is 17.3 Å². The molecule has 2 heterocycles. The van der Waals surface area contributed by atoms with Gasteiger partial charge in [-0.2, -0.15) is 0 Å². The molecule has 30 heavy (non-hydrogen) atoms. The van der Waals surface area contributed by atoms with Crippen molar-refractivity contribution in [2.75, 3.05) is 18.5 Å². The van der Waals surface area contributed by atoms with Crippen molar-refractivity contribution in [1.82, 2.24) is 10.2 Å². The molecule has 4 rings (SSSR count). The Morgan fingerprint density at radius 3 is 2.70 bits per heavy atom. The van der Waals surface area contributed by atoms with Crippen LogP contribution in [0.15, 0.2) is 53.7 Å². The van der Waals surface area contributed by atoms with Gasteiger partial charge in [-0.15, -0.1) is 0 Å². The van der Waals surface area contributed by atoms with Crippen molar-refractivity contribution in [2.24, 2.45) is 0 Å². The minimum atomic E-state index is -1.12. The summed E-state index contributed by atoms with van der Waals surface area (Å²) in [6.45, 7) is -0.642. The molecule has 0 aliphatic carbocycles. The molecule has 2 aromatic rings. The second-order valence-electron chi connectivity index (χ2n) is 6.60. The number of hydrogen-bond donors (Lipinski definition) is 2. The summed E-state index contributed by atoms with van der Waals surface area (Å²) in [4.78, 5) is 38.5. The summed E-state index contributed by atoms with van der Waals surface area (Å²) >= 11 is 6.22. The second-order valence-corrected chi connectivity index (χ2v) is 7.01. The van der Waals surface area contributed by atoms with Crippen LogP contribution in [0.5, 0.6) is 0 Å². The van der Waals surface area contributed by atoms with Crippen molar-refractivity contribution >= 4 is 35.2 Å². The maximum absolute atomic E-state index is 13.3. The third kappa shape index (κ3) is 3.59. The number of urea groups is 1. The van der Waals surface area contributed by atoms with E-state index in [0.717, 1.165) is 17.0 Å². The molecule has 0 saturated heterocycles. The van der Waals surface area contributed by atoms with E-state index in [2.05, 4.69) is 10.6 Å². The zero-order valence-electron chi connectivity index (χ0n) is 15.2. The highest BCUT2D eigenvalue weighted by atomic mass is 35.5. The number of rotatable bonds is 4. The molecule has 3 amide bonds. The number of hydrogen-bond acceptors (Lipinski definition) is 4. The average molecular weight is 434 g/mol. The monoisotopic (exact) mass is 433 g/mol. The summed E-state index contributed by atoms with van der Waals surface area (Å²) in [5, 5.41) is 5.41. The molecule has 0 aromatic heterocycles. The molecule has 7 nitrogen and oxygen atoms in total. The summed E-state index contributed by atoms with van der Waals surface area (Å²) in [6.07, 6.45) is 0. The standard InChI is InChI=1S/C20H14ClF2N3O4/c21-12-4-2-1-3-11(12)18-17-15(9-30-19(17)28)26(20(29)25-18)8-16(27)24-10-5-6-13(22)14(23)7-10/h1-7,18H,8-9H2,(H,24,27)(H,25,29)/t18-/m0/s1. The largest absolute Gasteiger partial charge is 0.456 e. The van der Waals surface area contributed by atoms with Gasteiger partial charge in [0.2, 0.25) is 5.91 Å². The van der Waals surface area contributed by atoms with E-state index in [1.54, 1.807) is 24.3 Å². The summed E-state index contributed by atoms with van der Waals surface area (Å²) in [6, 6.07) is 8.18. The maximum atomic E-state index is 13.3. The summed E-state index contributed by atoms with van der Waals surface area (Å²) in [5.74, 6) is -3.46. The first kappa shape index (κ1) is 19.8. The number of benzene rings is 2. The van der Waals surface area contributed by atoms with Crippen LogP contribution in [-0.4, -0.2) is 36.0 Å². The van der Waals surface area contributed by atoms with Gasteiger partial charge in [0.15, 0.2) is 11.6 Å². The van der Waals surface area contributed by atoms with Gasteiger partial charge in [-0.1, -0.05) is 29.8 Å². The van der Waals surface area contributed by atoms with E-state index >= 15 is 0 Å². The number of anilines is 1. The molecular weight excluding hydrogens is 420 g/mol. The van der Waals surface area contributed by atoms with Crippen LogP contribution in [0.4, 0.5) is 19.3 Å². The highest BCUT2D eigenvalue weighted by Crippen LogP contribution is 2.37. The third-order valence-corrected chi connectivity index (χ3v) is 5.06. The van der Waals surface area contributed by atoms with Gasteiger partial charge in [-0.25, -0.2) is 18.4 Å². The fourth-order valence-electron chi connectivity index (χ4n) is 3.34. The minimum absolute atomic E-state index is 0.0261. The SMILES string of the molecule is O=C(CN1C(=O)N[C@@H](c2ccccc2Cl)C2=C1COC2=O)Nc1ccc(F)c(F)c1. The van der Waals surface area contributed by atoms with Crippen LogP contribution < -0.4 is 10.6 Å². The molecule has 1 atom stereocenters. The third-order valence-electron chi connectivity index (χ3n) is 4.72. The van der Waals surface area contributed by atoms with E-state index in [9.17, 15) is 23.2 Å². The highest BCUT2D eigenvalue weighted by Gasteiger charge is 2.43. The van der Waals surface area contributed by atoms with Gasteiger partial charge < -0.3 is 15.4 Å². The number of nitrogens with zero attached hydrogens (tertiary/aromatic N) is 1. The molecule has 0 unspecified atom stereocenters. The molecule has 0 radical (unpaired) electrons. The van der Waals surface area contributed by atoms with Gasteiger partial charge in [0.25, 0.3) is 0 Å². The molecule has 2 aromatic carbocycles. The maximum Gasteiger partial charge on any atom is 0.338 e. The van der Waals surface area contributed by atoms with Crippen LogP contribution in [0, 0.1) is 11.6 Å². The molecule has 0 spiro atoms. The van der Waals surface area contributed by atoms with E-state index in [1.807, 2.05) is 0 Å². The number of ether oxygens (including phenoxy) is 1. The molecule has 0 fully saturated rings. The first-order valence-electron chi connectivity index (χ1n) is 8.82. The number of cyclic esters (lactones) is 1. The van der Waals surface area contributed by atoms with E-state index in [1.165, 1.54) is 6.07 Å². The first-order chi connectivity index (χ1) is 14.3. The van der Waals surface area contributed by atoms with Crippen LogP contribution in [0.2, 0.25) is 5.02 Å². The molecule has 2 N–H and O–H groups in total. The highest BCUT2D eigenvalue weighted by molar-refractivity contribution is 6.31. The lowest BCUT2D eigenvalue weighted by Crippen LogP contribution is -2.49. The summed E-state index contributed by atoms with van der Waals surface area (Å²) in [5.41, 5.74) is 0.973.